The van der Waals surface area contributed by atoms with Gasteiger partial charge in [0.2, 0.25) is 0 Å². The van der Waals surface area contributed by atoms with Crippen molar-refractivity contribution >= 4 is 11.8 Å². The number of hydrogen-bond donors (Lipinski definition) is 1. The van der Waals surface area contributed by atoms with Crippen LogP contribution in [0.25, 0.3) is 0 Å². The molecule has 2 aromatic rings. The first-order valence-electron chi connectivity index (χ1n) is 6.12. The fourth-order valence-electron chi connectivity index (χ4n) is 1.70. The van der Waals surface area contributed by atoms with Gasteiger partial charge in [-0.3, -0.25) is 4.57 Å². The molecule has 1 aromatic carbocycles. The summed E-state index contributed by atoms with van der Waals surface area (Å²) in [5, 5.41) is 7.28. The maximum Gasteiger partial charge on any atom is 0.343 e. The Bertz CT molecular complexity index is 551. The van der Waals surface area contributed by atoms with Gasteiger partial charge in [-0.15, -0.1) is 5.10 Å². The number of nitrogens with one attached hydrogen (secondary N) is 1. The molecule has 6 heteroatoms. The number of hydrogen-bond acceptors (Lipinski definition) is 4. The third kappa shape index (κ3) is 3.97. The van der Waals surface area contributed by atoms with Crippen LogP contribution in [0, 0.1) is 0 Å². The van der Waals surface area contributed by atoms with Gasteiger partial charge in [0, 0.05) is 26.0 Å². The third-order valence-electron chi connectivity index (χ3n) is 2.66. The Hall–Kier alpha value is -1.53. The van der Waals surface area contributed by atoms with Crippen molar-refractivity contribution in [2.24, 2.45) is 0 Å². The van der Waals surface area contributed by atoms with E-state index in [1.165, 1.54) is 5.56 Å². The Morgan fingerprint density at radius 2 is 2.16 bits per heavy atom. The number of thioether (sulfide) groups is 1. The molecule has 19 heavy (non-hydrogen) atoms. The normalized spacial score (nSPS) is 10.8. The van der Waals surface area contributed by atoms with Gasteiger partial charge in [-0.25, -0.2) is 9.89 Å². The molecular formula is C13H17N3O2S. The van der Waals surface area contributed by atoms with Crippen molar-refractivity contribution in [1.82, 2.24) is 14.8 Å². The van der Waals surface area contributed by atoms with Crippen LogP contribution in [0.3, 0.4) is 0 Å². The summed E-state index contributed by atoms with van der Waals surface area (Å²) in [5.74, 6) is 0.801. The molecular weight excluding hydrogens is 262 g/mol. The number of aromatic amines is 1. The van der Waals surface area contributed by atoms with E-state index in [1.807, 2.05) is 18.2 Å². The van der Waals surface area contributed by atoms with Crippen LogP contribution in [-0.2, 0) is 17.0 Å². The molecule has 0 aliphatic rings. The highest BCUT2D eigenvalue weighted by atomic mass is 32.2. The van der Waals surface area contributed by atoms with Crippen LogP contribution in [0.5, 0.6) is 0 Å². The van der Waals surface area contributed by atoms with Gasteiger partial charge in [-0.2, -0.15) is 0 Å². The number of H-pyrrole nitrogens is 1. The molecule has 1 aromatic heterocycles. The molecule has 1 heterocycles. The van der Waals surface area contributed by atoms with Crippen LogP contribution in [-0.4, -0.2) is 28.5 Å². The van der Waals surface area contributed by atoms with Crippen LogP contribution in [0.1, 0.15) is 12.0 Å². The van der Waals surface area contributed by atoms with Gasteiger partial charge in [0.05, 0.1) is 0 Å². The zero-order valence-corrected chi connectivity index (χ0v) is 11.7. The molecule has 1 N–H and O–H groups in total. The minimum absolute atomic E-state index is 0.160. The number of rotatable bonds is 7. The topological polar surface area (TPSA) is 59.9 Å². The Morgan fingerprint density at radius 1 is 1.37 bits per heavy atom. The van der Waals surface area contributed by atoms with E-state index in [4.69, 9.17) is 4.74 Å². The zero-order chi connectivity index (χ0) is 13.5. The van der Waals surface area contributed by atoms with Gasteiger partial charge in [-0.05, 0) is 12.0 Å². The molecule has 0 atom stereocenters. The summed E-state index contributed by atoms with van der Waals surface area (Å²) in [5.41, 5.74) is 1.05. The lowest BCUT2D eigenvalue weighted by Gasteiger charge is -2.05. The minimum Gasteiger partial charge on any atom is -0.385 e. The van der Waals surface area contributed by atoms with E-state index in [-0.39, 0.29) is 5.69 Å². The highest BCUT2D eigenvalue weighted by molar-refractivity contribution is 7.98. The molecule has 0 saturated heterocycles. The molecule has 0 fully saturated rings. The highest BCUT2D eigenvalue weighted by Crippen LogP contribution is 2.19. The number of methoxy groups -OCH3 is 1. The number of ether oxygens (including phenoxy) is 1. The van der Waals surface area contributed by atoms with E-state index in [0.717, 1.165) is 17.3 Å². The number of nitrogens with zero attached hydrogens (tertiary/aromatic N) is 2. The smallest absolute Gasteiger partial charge is 0.343 e. The average molecular weight is 279 g/mol. The van der Waals surface area contributed by atoms with Crippen molar-refractivity contribution in [3.63, 3.8) is 0 Å². The highest BCUT2D eigenvalue weighted by Gasteiger charge is 2.08. The molecule has 0 spiro atoms. The first-order valence-corrected chi connectivity index (χ1v) is 7.10. The van der Waals surface area contributed by atoms with Gasteiger partial charge >= 0.3 is 5.69 Å². The first-order chi connectivity index (χ1) is 9.31. The van der Waals surface area contributed by atoms with Gasteiger partial charge < -0.3 is 4.74 Å². The summed E-state index contributed by atoms with van der Waals surface area (Å²) in [6.07, 6.45) is 0.800. The first kappa shape index (κ1) is 13.9. The van der Waals surface area contributed by atoms with E-state index in [0.29, 0.717) is 13.2 Å². The molecule has 2 rings (SSSR count). The average Bonchev–Trinajstić information content (AvgIpc) is 2.79. The molecule has 0 radical (unpaired) electrons. The largest absolute Gasteiger partial charge is 0.385 e. The van der Waals surface area contributed by atoms with Crippen molar-refractivity contribution in [1.29, 1.82) is 0 Å². The van der Waals surface area contributed by atoms with Crippen molar-refractivity contribution in [2.75, 3.05) is 13.7 Å². The summed E-state index contributed by atoms with van der Waals surface area (Å²) in [6.45, 7) is 1.26. The molecule has 0 bridgehead atoms. The Labute approximate surface area is 116 Å². The monoisotopic (exact) mass is 279 g/mol. The minimum atomic E-state index is -0.160. The van der Waals surface area contributed by atoms with E-state index >= 15 is 0 Å². The molecule has 0 amide bonds. The molecule has 102 valence electrons. The van der Waals surface area contributed by atoms with E-state index in [1.54, 1.807) is 23.4 Å². The summed E-state index contributed by atoms with van der Waals surface area (Å²) in [7, 11) is 1.66. The van der Waals surface area contributed by atoms with Gasteiger partial charge in [-0.1, -0.05) is 42.1 Å². The lowest BCUT2D eigenvalue weighted by Crippen LogP contribution is -2.18. The fourth-order valence-corrected chi connectivity index (χ4v) is 2.63. The lowest BCUT2D eigenvalue weighted by molar-refractivity contribution is 0.189. The van der Waals surface area contributed by atoms with Crippen LogP contribution in [0.2, 0.25) is 0 Å². The second-order valence-electron chi connectivity index (χ2n) is 4.08. The predicted octanol–water partition coefficient (Wildman–Crippen LogP) is 1.90. The second-order valence-corrected chi connectivity index (χ2v) is 5.03. The summed E-state index contributed by atoms with van der Waals surface area (Å²) >= 11 is 1.56. The van der Waals surface area contributed by atoms with Crippen LogP contribution in [0.15, 0.2) is 40.3 Å². The quantitative estimate of drug-likeness (QED) is 0.621. The van der Waals surface area contributed by atoms with Crippen molar-refractivity contribution < 1.29 is 4.74 Å². The SMILES string of the molecule is COCCCn1c(SCc2ccccc2)n[nH]c1=O. The van der Waals surface area contributed by atoms with E-state index in [9.17, 15) is 4.79 Å². The maximum absolute atomic E-state index is 11.6. The Morgan fingerprint density at radius 3 is 2.89 bits per heavy atom. The van der Waals surface area contributed by atoms with Crippen molar-refractivity contribution in [3.8, 4) is 0 Å². The molecule has 0 aliphatic heterocycles. The fraction of sp³-hybridized carbons (Fsp3) is 0.385. The third-order valence-corrected chi connectivity index (χ3v) is 3.71. The van der Waals surface area contributed by atoms with Crippen LogP contribution >= 0.6 is 11.8 Å². The molecule has 0 saturated carbocycles. The van der Waals surface area contributed by atoms with Gasteiger partial charge in [0.1, 0.15) is 0 Å². The molecule has 0 unspecified atom stereocenters. The van der Waals surface area contributed by atoms with E-state index in [2.05, 4.69) is 22.3 Å². The summed E-state index contributed by atoms with van der Waals surface area (Å²) in [6, 6.07) is 10.1. The maximum atomic E-state index is 11.6. The predicted molar refractivity (Wildman–Crippen MR) is 75.3 cm³/mol. The van der Waals surface area contributed by atoms with Crippen LogP contribution < -0.4 is 5.69 Å². The molecule has 5 nitrogen and oxygen atoms in total. The number of aromatic nitrogens is 3. The summed E-state index contributed by atoms with van der Waals surface area (Å²) in [4.78, 5) is 11.6. The van der Waals surface area contributed by atoms with Crippen LogP contribution in [0.4, 0.5) is 0 Å². The van der Waals surface area contributed by atoms with Crippen molar-refractivity contribution in [2.45, 2.75) is 23.9 Å². The Balaban J connectivity index is 1.98. The lowest BCUT2D eigenvalue weighted by atomic mass is 10.2. The standard InChI is InChI=1S/C13H17N3O2S/c1-18-9-5-8-16-12(17)14-15-13(16)19-10-11-6-3-2-4-7-11/h2-4,6-7H,5,8-10H2,1H3,(H,14,17). The Kier molecular flexibility index (Phi) is 5.23. The van der Waals surface area contributed by atoms with Gasteiger partial charge in [0.15, 0.2) is 5.16 Å². The van der Waals surface area contributed by atoms with E-state index < -0.39 is 0 Å². The van der Waals surface area contributed by atoms with Crippen molar-refractivity contribution in [3.05, 3.63) is 46.4 Å². The van der Waals surface area contributed by atoms with Gasteiger partial charge in [0.25, 0.3) is 0 Å². The second kappa shape index (κ2) is 7.16. The zero-order valence-electron chi connectivity index (χ0n) is 10.8. The number of benzene rings is 1. The summed E-state index contributed by atoms with van der Waals surface area (Å²) < 4.78 is 6.66. The molecule has 0 aliphatic carbocycles.